The number of carbonyl (C=O) groups excluding carboxylic acids is 1. The summed E-state index contributed by atoms with van der Waals surface area (Å²) in [6, 6.07) is 10.9. The number of benzene rings is 1. The lowest BCUT2D eigenvalue weighted by atomic mass is 10.1. The number of nitrogens with one attached hydrogen (secondary N) is 1. The van der Waals surface area contributed by atoms with Gasteiger partial charge < -0.3 is 0 Å². The minimum Gasteiger partial charge on any atom is -0.283 e. The van der Waals surface area contributed by atoms with Crippen LogP contribution in [0.25, 0.3) is 16.3 Å². The van der Waals surface area contributed by atoms with Gasteiger partial charge >= 0.3 is 0 Å². The highest BCUT2D eigenvalue weighted by Crippen LogP contribution is 2.36. The van der Waals surface area contributed by atoms with Crippen LogP contribution in [-0.2, 0) is 9.84 Å². The van der Waals surface area contributed by atoms with Crippen molar-refractivity contribution >= 4 is 50.3 Å². The third-order valence-electron chi connectivity index (χ3n) is 5.49. The number of hydrazine groups is 1. The lowest BCUT2D eigenvalue weighted by Crippen LogP contribution is -2.50. The van der Waals surface area contributed by atoms with E-state index in [1.54, 1.807) is 34.8 Å². The molecule has 1 saturated heterocycles. The Hall–Kier alpha value is -2.86. The van der Waals surface area contributed by atoms with Gasteiger partial charge in [-0.1, -0.05) is 35.0 Å². The number of rotatable bonds is 5. The van der Waals surface area contributed by atoms with E-state index in [4.69, 9.17) is 28.5 Å². The molecule has 4 rings (SSSR count). The van der Waals surface area contributed by atoms with Gasteiger partial charge in [0.1, 0.15) is 0 Å². The summed E-state index contributed by atoms with van der Waals surface area (Å²) in [6.45, 7) is 2.22. The van der Waals surface area contributed by atoms with Crippen LogP contribution in [0, 0.1) is 30.1 Å². The van der Waals surface area contributed by atoms with E-state index in [1.807, 2.05) is 12.1 Å². The van der Waals surface area contributed by atoms with Crippen molar-refractivity contribution in [2.45, 2.75) is 19.8 Å². The third-order valence-corrected chi connectivity index (χ3v) is 8.65. The normalized spacial score (nSPS) is 15.1. The first-order chi connectivity index (χ1) is 17.2. The number of aromatic nitrogens is 2. The van der Waals surface area contributed by atoms with Gasteiger partial charge in [0.25, 0.3) is 5.91 Å². The summed E-state index contributed by atoms with van der Waals surface area (Å²) < 4.78 is 25.1. The monoisotopic (exact) mass is 561 g/mol. The highest BCUT2D eigenvalue weighted by atomic mass is 35.5. The molecule has 3 heterocycles. The lowest BCUT2D eigenvalue weighted by Gasteiger charge is -2.26. The number of nitrogens with zero attached hydrogens (tertiary/aromatic N) is 4. The average Bonchev–Trinajstić information content (AvgIpc) is 3.42. The Morgan fingerprint density at radius 3 is 2.64 bits per heavy atom. The minimum atomic E-state index is -3.08. The molecule has 3 aromatic rings. The Balaban J connectivity index is 1.72. The summed E-state index contributed by atoms with van der Waals surface area (Å²) in [6.07, 6.45) is 0.858. The summed E-state index contributed by atoms with van der Waals surface area (Å²) >= 11 is 14.0. The van der Waals surface area contributed by atoms with Crippen molar-refractivity contribution in [3.05, 3.63) is 56.5 Å². The van der Waals surface area contributed by atoms with Crippen LogP contribution in [0.4, 0.5) is 0 Å². The maximum Gasteiger partial charge on any atom is 0.286 e. The van der Waals surface area contributed by atoms with E-state index in [0.29, 0.717) is 39.8 Å². The first kappa shape index (κ1) is 26.2. The molecular formula is C24H21Cl2N5O3S2. The van der Waals surface area contributed by atoms with E-state index in [2.05, 4.69) is 28.4 Å². The zero-order valence-electron chi connectivity index (χ0n) is 19.2. The first-order valence-electron chi connectivity index (χ1n) is 11.0. The topological polar surface area (TPSA) is 108 Å². The summed E-state index contributed by atoms with van der Waals surface area (Å²) in [5, 5.41) is 15.7. The van der Waals surface area contributed by atoms with Crippen molar-refractivity contribution in [1.82, 2.24) is 20.2 Å². The predicted octanol–water partition coefficient (Wildman–Crippen LogP) is 4.25. The molecule has 12 heteroatoms. The van der Waals surface area contributed by atoms with Crippen LogP contribution in [0.5, 0.6) is 0 Å². The van der Waals surface area contributed by atoms with Crippen molar-refractivity contribution in [2.75, 3.05) is 24.6 Å². The summed E-state index contributed by atoms with van der Waals surface area (Å²) in [4.78, 5) is 14.8. The maximum atomic E-state index is 13.2. The first-order valence-corrected chi connectivity index (χ1v) is 14.4. The molecule has 1 aliphatic heterocycles. The number of sulfone groups is 1. The summed E-state index contributed by atoms with van der Waals surface area (Å²) in [5.41, 5.74) is 4.84. The maximum absolute atomic E-state index is 13.2. The van der Waals surface area contributed by atoms with Gasteiger partial charge in [0.15, 0.2) is 15.5 Å². The van der Waals surface area contributed by atoms with Gasteiger partial charge in [-0.05, 0) is 37.3 Å². The van der Waals surface area contributed by atoms with Gasteiger partial charge in [-0.25, -0.2) is 18.1 Å². The Labute approximate surface area is 223 Å². The van der Waals surface area contributed by atoms with E-state index in [-0.39, 0.29) is 30.3 Å². The van der Waals surface area contributed by atoms with Gasteiger partial charge in [0, 0.05) is 36.5 Å². The molecule has 36 heavy (non-hydrogen) atoms. The molecular weight excluding hydrogens is 541 g/mol. The second-order valence-corrected chi connectivity index (χ2v) is 12.3. The highest BCUT2D eigenvalue weighted by molar-refractivity contribution is 7.91. The molecule has 1 fully saturated rings. The molecule has 0 bridgehead atoms. The zero-order chi connectivity index (χ0) is 25.9. The van der Waals surface area contributed by atoms with Gasteiger partial charge in [-0.3, -0.25) is 10.2 Å². The van der Waals surface area contributed by atoms with E-state index in [1.165, 1.54) is 11.3 Å². The minimum absolute atomic E-state index is 0.0142. The number of hydrogen-bond acceptors (Lipinski definition) is 7. The number of amides is 1. The number of unbranched alkanes of at least 4 members (excludes halogenated alkanes) is 1. The molecule has 0 atom stereocenters. The largest absolute Gasteiger partial charge is 0.286 e. The fourth-order valence-corrected chi connectivity index (χ4v) is 6.31. The third kappa shape index (κ3) is 5.92. The van der Waals surface area contributed by atoms with Gasteiger partial charge in [-0.2, -0.15) is 10.4 Å². The molecule has 8 nitrogen and oxygen atoms in total. The second-order valence-electron chi connectivity index (χ2n) is 8.03. The van der Waals surface area contributed by atoms with Gasteiger partial charge in [0.05, 0.1) is 43.7 Å². The molecule has 1 N–H and O–H groups in total. The molecule has 0 spiro atoms. The molecule has 1 amide bonds. The number of thiophene rings is 1. The Kier molecular flexibility index (Phi) is 8.04. The molecule has 0 unspecified atom stereocenters. The van der Waals surface area contributed by atoms with Crippen LogP contribution in [-0.4, -0.2) is 53.7 Å². The number of carbonyl (C=O) groups is 1. The Morgan fingerprint density at radius 2 is 1.94 bits per heavy atom. The fourth-order valence-electron chi connectivity index (χ4n) is 3.65. The van der Waals surface area contributed by atoms with Crippen LogP contribution in [0.3, 0.4) is 0 Å². The van der Waals surface area contributed by atoms with E-state index < -0.39 is 15.7 Å². The van der Waals surface area contributed by atoms with Gasteiger partial charge in [0.2, 0.25) is 0 Å². The van der Waals surface area contributed by atoms with E-state index >= 15 is 0 Å². The Bertz CT molecular complexity index is 1510. The van der Waals surface area contributed by atoms with Crippen molar-refractivity contribution in [3.8, 4) is 34.2 Å². The zero-order valence-corrected chi connectivity index (χ0v) is 22.4. The molecule has 2 aromatic heterocycles. The lowest BCUT2D eigenvalue weighted by molar-refractivity contribution is 0.0795. The fraction of sp³-hybridized carbons (Fsp3) is 0.292. The summed E-state index contributed by atoms with van der Waals surface area (Å²) in [7, 11) is -3.08. The van der Waals surface area contributed by atoms with Crippen LogP contribution in [0.2, 0.25) is 10.0 Å². The van der Waals surface area contributed by atoms with E-state index in [9.17, 15) is 13.2 Å². The quantitative estimate of drug-likeness (QED) is 0.368. The van der Waals surface area contributed by atoms with Crippen molar-refractivity contribution < 1.29 is 13.2 Å². The van der Waals surface area contributed by atoms with Crippen LogP contribution in [0.1, 0.15) is 33.8 Å². The molecule has 186 valence electrons. The molecule has 0 radical (unpaired) electrons. The van der Waals surface area contributed by atoms with Crippen molar-refractivity contribution in [3.63, 3.8) is 0 Å². The smallest absolute Gasteiger partial charge is 0.283 e. The van der Waals surface area contributed by atoms with Crippen LogP contribution >= 0.6 is 34.5 Å². The van der Waals surface area contributed by atoms with Crippen molar-refractivity contribution in [2.24, 2.45) is 0 Å². The molecule has 1 aromatic carbocycles. The molecule has 0 aliphatic carbocycles. The Morgan fingerprint density at radius 1 is 1.19 bits per heavy atom. The van der Waals surface area contributed by atoms with Crippen LogP contribution in [0.15, 0.2) is 30.3 Å². The standard InChI is InChI=1S/C24H21Cl2N5O3S2/c1-16-22(24(32)29-30-11-13-36(33,34)14-12-30)28-31(20-8-6-17(25)15-19(20)26)23(16)21-9-7-18(35-21)5-3-2-4-10-27/h6-9,15H,2,4,11-14H2,1H3,(H,29,32). The van der Waals surface area contributed by atoms with Gasteiger partial charge in [-0.15, -0.1) is 11.3 Å². The van der Waals surface area contributed by atoms with Crippen molar-refractivity contribution in [1.29, 1.82) is 5.26 Å². The highest BCUT2D eigenvalue weighted by Gasteiger charge is 2.27. The van der Waals surface area contributed by atoms with Crippen LogP contribution < -0.4 is 5.43 Å². The average molecular weight is 563 g/mol. The number of nitriles is 1. The molecule has 1 aliphatic rings. The number of halogens is 2. The van der Waals surface area contributed by atoms with E-state index in [0.717, 1.165) is 9.75 Å². The molecule has 0 saturated carbocycles. The second kappa shape index (κ2) is 11.0. The predicted molar refractivity (Wildman–Crippen MR) is 141 cm³/mol. The summed E-state index contributed by atoms with van der Waals surface area (Å²) in [5.74, 6) is 5.58. The SMILES string of the molecule is Cc1c(C(=O)NN2CCS(=O)(=O)CC2)nn(-c2ccc(Cl)cc2Cl)c1-c1ccc(C#CCCC#N)s1. The number of hydrogen-bond donors (Lipinski definition) is 1.